The van der Waals surface area contributed by atoms with Crippen LogP contribution in [0.3, 0.4) is 0 Å². The second-order valence-corrected chi connectivity index (χ2v) is 9.58. The van der Waals surface area contributed by atoms with E-state index in [0.29, 0.717) is 11.1 Å². The normalized spacial score (nSPS) is 20.7. The fourth-order valence-electron chi connectivity index (χ4n) is 4.64. The van der Waals surface area contributed by atoms with Gasteiger partial charge in [-0.15, -0.1) is 11.3 Å². The number of aliphatic hydroxyl groups is 1. The number of thiophene rings is 1. The molecule has 3 aromatic rings. The highest BCUT2D eigenvalue weighted by molar-refractivity contribution is 7.20. The lowest BCUT2D eigenvalue weighted by atomic mass is 9.76. The van der Waals surface area contributed by atoms with Gasteiger partial charge in [-0.1, -0.05) is 50.2 Å². The van der Waals surface area contributed by atoms with Crippen LogP contribution in [0.5, 0.6) is 0 Å². The van der Waals surface area contributed by atoms with Crippen molar-refractivity contribution in [2.45, 2.75) is 33.1 Å². The van der Waals surface area contributed by atoms with E-state index in [1.165, 1.54) is 10.3 Å². The summed E-state index contributed by atoms with van der Waals surface area (Å²) >= 11 is 1.65. The second kappa shape index (κ2) is 6.44. The van der Waals surface area contributed by atoms with Gasteiger partial charge in [-0.05, 0) is 54.1 Å². The molecule has 0 bridgehead atoms. The van der Waals surface area contributed by atoms with Gasteiger partial charge in [0.15, 0.2) is 0 Å². The van der Waals surface area contributed by atoms with E-state index in [9.17, 15) is 9.90 Å². The third kappa shape index (κ3) is 2.53. The van der Waals surface area contributed by atoms with Crippen LogP contribution in [0.4, 0.5) is 5.69 Å². The smallest absolute Gasteiger partial charge is 0.201 e. The fourth-order valence-corrected chi connectivity index (χ4v) is 5.71. The van der Waals surface area contributed by atoms with Gasteiger partial charge in [0, 0.05) is 26.4 Å². The van der Waals surface area contributed by atoms with Crippen LogP contribution in [0.25, 0.3) is 15.7 Å². The number of hydrogen-bond donors (Lipinski definition) is 2. The highest BCUT2D eigenvalue weighted by Crippen LogP contribution is 2.48. The van der Waals surface area contributed by atoms with E-state index in [0.717, 1.165) is 32.8 Å². The van der Waals surface area contributed by atoms with Gasteiger partial charge in [-0.3, -0.25) is 4.79 Å². The molecule has 30 heavy (non-hydrogen) atoms. The Morgan fingerprint density at radius 1 is 1.00 bits per heavy atom. The van der Waals surface area contributed by atoms with Crippen LogP contribution in [0.1, 0.15) is 38.1 Å². The Labute approximate surface area is 180 Å². The minimum atomic E-state index is -0.256. The van der Waals surface area contributed by atoms with E-state index in [4.69, 9.17) is 0 Å². The van der Waals surface area contributed by atoms with Crippen molar-refractivity contribution in [2.75, 3.05) is 5.32 Å². The molecule has 0 radical (unpaired) electrons. The number of hydrogen-bond acceptors (Lipinski definition) is 4. The predicted octanol–water partition coefficient (Wildman–Crippen LogP) is 6.75. The van der Waals surface area contributed by atoms with Gasteiger partial charge in [0.25, 0.3) is 0 Å². The van der Waals surface area contributed by atoms with Crippen molar-refractivity contribution in [2.24, 2.45) is 0 Å². The molecule has 2 aromatic carbocycles. The lowest BCUT2D eigenvalue weighted by Gasteiger charge is -2.28. The summed E-state index contributed by atoms with van der Waals surface area (Å²) in [4.78, 5) is 14.2. The molecule has 1 aromatic heterocycles. The molecule has 3 nitrogen and oxygen atoms in total. The van der Waals surface area contributed by atoms with Crippen molar-refractivity contribution in [3.8, 4) is 0 Å². The minimum Gasteiger partial charge on any atom is -0.506 e. The number of aliphatic hydroxyl groups excluding tert-OH is 1. The first-order chi connectivity index (χ1) is 14.3. The first kappa shape index (κ1) is 18.9. The lowest BCUT2D eigenvalue weighted by molar-refractivity contribution is -0.113. The molecule has 0 atom stereocenters. The van der Waals surface area contributed by atoms with E-state index in [-0.39, 0.29) is 17.0 Å². The first-order valence-corrected chi connectivity index (χ1v) is 10.9. The largest absolute Gasteiger partial charge is 0.506 e. The average Bonchev–Trinajstić information content (AvgIpc) is 3.27. The standard InChI is InChI=1S/C26H23NO2S/c1-14(20-13-16-9-5-8-12-19(16)30-20)21-23(28)22(24(21)29)15(2)25-26(3,4)17-10-6-7-11-18(17)27-25/h5-13,27-28H,1-4H3/b21-14?,25-15+. The SMILES string of the molecule is CC(=C1C(=O)C(/C(C)=C2/Nc3ccccc3C2(C)C)=C1O)c1cc2ccccc2s1. The van der Waals surface area contributed by atoms with Crippen molar-refractivity contribution in [1.82, 2.24) is 0 Å². The molecule has 150 valence electrons. The number of para-hydroxylation sites is 1. The van der Waals surface area contributed by atoms with Gasteiger partial charge in [0.1, 0.15) is 5.76 Å². The predicted molar refractivity (Wildman–Crippen MR) is 125 cm³/mol. The molecule has 5 rings (SSSR count). The molecule has 1 aliphatic carbocycles. The van der Waals surface area contributed by atoms with Crippen LogP contribution in [-0.4, -0.2) is 10.9 Å². The summed E-state index contributed by atoms with van der Waals surface area (Å²) in [5.41, 5.74) is 5.47. The second-order valence-electron chi connectivity index (χ2n) is 8.50. The molecule has 0 amide bonds. The molecule has 2 aliphatic rings. The molecule has 0 saturated heterocycles. The molecule has 4 heteroatoms. The summed E-state index contributed by atoms with van der Waals surface area (Å²) in [6.45, 7) is 8.13. The van der Waals surface area contributed by atoms with E-state index < -0.39 is 0 Å². The zero-order valence-corrected chi connectivity index (χ0v) is 18.3. The zero-order chi connectivity index (χ0) is 21.2. The van der Waals surface area contributed by atoms with Crippen LogP contribution in [0.2, 0.25) is 0 Å². The first-order valence-electron chi connectivity index (χ1n) is 10.1. The number of fused-ring (bicyclic) bond motifs is 2. The number of carbonyl (C=O) groups excluding carboxylic acids is 1. The van der Waals surface area contributed by atoms with Crippen LogP contribution in [0, 0.1) is 0 Å². The van der Waals surface area contributed by atoms with E-state index in [1.807, 2.05) is 44.2 Å². The van der Waals surface area contributed by atoms with Crippen molar-refractivity contribution in [1.29, 1.82) is 0 Å². The Kier molecular flexibility index (Phi) is 4.06. The summed E-state index contributed by atoms with van der Waals surface area (Å²) in [6, 6.07) is 18.4. The molecule has 0 unspecified atom stereocenters. The van der Waals surface area contributed by atoms with Crippen LogP contribution >= 0.6 is 11.3 Å². The lowest BCUT2D eigenvalue weighted by Crippen LogP contribution is -2.28. The van der Waals surface area contributed by atoms with Crippen LogP contribution in [-0.2, 0) is 10.2 Å². The molecule has 0 saturated carbocycles. The molecule has 1 aliphatic heterocycles. The maximum Gasteiger partial charge on any atom is 0.201 e. The monoisotopic (exact) mass is 413 g/mol. The minimum absolute atomic E-state index is 0.0824. The summed E-state index contributed by atoms with van der Waals surface area (Å²) in [7, 11) is 0. The summed E-state index contributed by atoms with van der Waals surface area (Å²) in [6.07, 6.45) is 0. The van der Waals surface area contributed by atoms with Crippen molar-refractivity contribution >= 4 is 38.5 Å². The van der Waals surface area contributed by atoms with E-state index in [1.54, 1.807) is 11.3 Å². The topological polar surface area (TPSA) is 49.3 Å². The Hall–Kier alpha value is -3.11. The fraction of sp³-hybridized carbons (Fsp3) is 0.192. The number of ketones is 1. The van der Waals surface area contributed by atoms with Gasteiger partial charge in [0.2, 0.25) is 5.78 Å². The maximum atomic E-state index is 13.2. The van der Waals surface area contributed by atoms with Gasteiger partial charge in [-0.25, -0.2) is 0 Å². The Bertz CT molecular complexity index is 1300. The average molecular weight is 414 g/mol. The third-order valence-corrected chi connectivity index (χ3v) is 7.57. The molecule has 2 N–H and O–H groups in total. The number of anilines is 1. The van der Waals surface area contributed by atoms with Crippen molar-refractivity contribution in [3.63, 3.8) is 0 Å². The number of nitrogens with one attached hydrogen (secondary N) is 1. The number of rotatable bonds is 2. The number of allylic oxidation sites excluding steroid dienone is 5. The van der Waals surface area contributed by atoms with Crippen LogP contribution in [0.15, 0.2) is 82.8 Å². The molecule has 0 spiro atoms. The number of benzene rings is 2. The number of carbonyl (C=O) groups is 1. The summed E-state index contributed by atoms with van der Waals surface area (Å²) in [5, 5.41) is 15.5. The molecular formula is C26H23NO2S. The highest BCUT2D eigenvalue weighted by Gasteiger charge is 2.42. The van der Waals surface area contributed by atoms with Gasteiger partial charge >= 0.3 is 0 Å². The van der Waals surface area contributed by atoms with E-state index in [2.05, 4.69) is 43.4 Å². The van der Waals surface area contributed by atoms with E-state index >= 15 is 0 Å². The quantitative estimate of drug-likeness (QED) is 0.457. The Balaban J connectivity index is 1.59. The third-order valence-electron chi connectivity index (χ3n) is 6.33. The van der Waals surface area contributed by atoms with Gasteiger partial charge < -0.3 is 10.4 Å². The molecule has 0 fully saturated rings. The number of Topliss-reactive ketones (excluding diaryl/α,β-unsaturated/α-hetero) is 1. The van der Waals surface area contributed by atoms with Crippen molar-refractivity contribution < 1.29 is 9.90 Å². The molecule has 2 heterocycles. The summed E-state index contributed by atoms with van der Waals surface area (Å²) < 4.78 is 1.18. The zero-order valence-electron chi connectivity index (χ0n) is 17.5. The Morgan fingerprint density at radius 3 is 2.40 bits per heavy atom. The molecular weight excluding hydrogens is 390 g/mol. The highest BCUT2D eigenvalue weighted by atomic mass is 32.1. The van der Waals surface area contributed by atoms with Gasteiger partial charge in [0.05, 0.1) is 11.1 Å². The Morgan fingerprint density at radius 2 is 1.70 bits per heavy atom. The van der Waals surface area contributed by atoms with Crippen LogP contribution < -0.4 is 5.32 Å². The summed E-state index contributed by atoms with van der Waals surface area (Å²) in [5.74, 6) is 0.0227. The van der Waals surface area contributed by atoms with Crippen molar-refractivity contribution in [3.05, 3.63) is 93.2 Å². The maximum absolute atomic E-state index is 13.2. The van der Waals surface area contributed by atoms with Gasteiger partial charge in [-0.2, -0.15) is 0 Å².